The number of rotatable bonds is 7. The maximum atomic E-state index is 14.1. The Morgan fingerprint density at radius 3 is 2.49 bits per heavy atom. The van der Waals surface area contributed by atoms with Gasteiger partial charge in [0.15, 0.2) is 5.60 Å². The molecule has 41 heavy (non-hydrogen) atoms. The zero-order chi connectivity index (χ0) is 29.3. The Balaban J connectivity index is 1.27. The van der Waals surface area contributed by atoms with Crippen LogP contribution in [0, 0.1) is 18.8 Å². The fraction of sp³-hybridized carbons (Fsp3) is 0.613. The molecular formula is C31H43N5O4S. The summed E-state index contributed by atoms with van der Waals surface area (Å²) >= 11 is 1.61. The number of nitrogens with zero attached hydrogens (tertiary/aromatic N) is 4. The highest BCUT2D eigenvalue weighted by atomic mass is 32.1. The van der Waals surface area contributed by atoms with Gasteiger partial charge in [-0.3, -0.25) is 9.59 Å². The number of likely N-dealkylation sites (tertiary alicyclic amines) is 2. The van der Waals surface area contributed by atoms with E-state index in [1.54, 1.807) is 16.2 Å². The molecule has 2 amide bonds. The maximum Gasteiger partial charge on any atom is 0.243 e. The van der Waals surface area contributed by atoms with Crippen LogP contribution >= 0.6 is 11.3 Å². The number of hydrogen-bond donors (Lipinski definition) is 2. The summed E-state index contributed by atoms with van der Waals surface area (Å²) in [6, 6.07) is 7.11. The zero-order valence-electron chi connectivity index (χ0n) is 24.8. The first kappa shape index (κ1) is 29.5. The van der Waals surface area contributed by atoms with Gasteiger partial charge in [0, 0.05) is 26.1 Å². The average molecular weight is 582 g/mol. The molecule has 2 aromatic rings. The Morgan fingerprint density at radius 1 is 1.15 bits per heavy atom. The number of aromatic nitrogens is 1. The number of aliphatic hydroxyl groups excluding tert-OH is 1. The number of amides is 2. The fourth-order valence-electron chi connectivity index (χ4n) is 6.65. The molecule has 3 aliphatic heterocycles. The SMILES string of the molecule is Cc1ncsc1-c1ccc(C(C)NC(=O)C2CC(O)CN2C(=O)C(C(C)C)C2(C)CC(N3CCCCC3)=NO2)cc1. The van der Waals surface area contributed by atoms with Crippen molar-refractivity contribution in [3.8, 4) is 10.4 Å². The molecular weight excluding hydrogens is 538 g/mol. The van der Waals surface area contributed by atoms with Crippen LogP contribution < -0.4 is 5.32 Å². The van der Waals surface area contributed by atoms with Crippen LogP contribution in [-0.4, -0.2) is 74.9 Å². The van der Waals surface area contributed by atoms with Crippen molar-refractivity contribution in [2.75, 3.05) is 19.6 Å². The molecule has 0 saturated carbocycles. The van der Waals surface area contributed by atoms with Gasteiger partial charge in [-0.1, -0.05) is 43.3 Å². The summed E-state index contributed by atoms with van der Waals surface area (Å²) in [4.78, 5) is 43.0. The van der Waals surface area contributed by atoms with Crippen LogP contribution in [0.1, 0.15) is 77.1 Å². The van der Waals surface area contributed by atoms with Crippen LogP contribution in [-0.2, 0) is 14.4 Å². The summed E-state index contributed by atoms with van der Waals surface area (Å²) in [5.41, 5.74) is 4.10. The standard InChI is InChI=1S/C31H43N5O4S/c1-19(2)27(31(5)16-26(34-40-31)35-13-7-6-8-14-35)30(39)36-17-24(37)15-25(36)29(38)33-20(3)22-9-11-23(12-10-22)28-21(4)32-18-41-28/h9-12,18-20,24-25,27,37H,6-8,13-17H2,1-5H3,(H,33,38). The van der Waals surface area contributed by atoms with E-state index in [0.717, 1.165) is 53.5 Å². The lowest BCUT2D eigenvalue weighted by Crippen LogP contribution is -2.54. The van der Waals surface area contributed by atoms with Gasteiger partial charge < -0.3 is 25.1 Å². The van der Waals surface area contributed by atoms with Gasteiger partial charge in [-0.05, 0) is 57.1 Å². The van der Waals surface area contributed by atoms with Gasteiger partial charge in [-0.2, -0.15) is 0 Å². The van der Waals surface area contributed by atoms with Crippen molar-refractivity contribution in [3.63, 3.8) is 0 Å². The maximum absolute atomic E-state index is 14.1. The Hall–Kier alpha value is -2.98. The first-order valence-corrected chi connectivity index (χ1v) is 15.7. The minimum absolute atomic E-state index is 0.0375. The zero-order valence-corrected chi connectivity index (χ0v) is 25.6. The normalized spacial score (nSPS) is 26.1. The number of carbonyl (C=O) groups is 2. The number of nitrogens with one attached hydrogen (secondary N) is 1. The molecule has 1 aromatic heterocycles. The first-order valence-electron chi connectivity index (χ1n) is 14.9. The Bertz CT molecular complexity index is 1270. The van der Waals surface area contributed by atoms with Crippen molar-refractivity contribution in [1.29, 1.82) is 0 Å². The fourth-order valence-corrected chi connectivity index (χ4v) is 7.47. The van der Waals surface area contributed by atoms with Crippen LogP contribution in [0.4, 0.5) is 0 Å². The smallest absolute Gasteiger partial charge is 0.243 e. The molecule has 0 spiro atoms. The Morgan fingerprint density at radius 2 is 1.85 bits per heavy atom. The van der Waals surface area contributed by atoms with Crippen LogP contribution in [0.15, 0.2) is 34.9 Å². The summed E-state index contributed by atoms with van der Waals surface area (Å²) in [6.45, 7) is 12.0. The molecule has 5 rings (SSSR count). The third-order valence-electron chi connectivity index (χ3n) is 8.82. The summed E-state index contributed by atoms with van der Waals surface area (Å²) in [6.07, 6.45) is 3.52. The Labute approximate surface area is 247 Å². The van der Waals surface area contributed by atoms with Gasteiger partial charge in [0.05, 0.1) is 40.6 Å². The van der Waals surface area contributed by atoms with Crippen molar-refractivity contribution in [2.24, 2.45) is 17.0 Å². The molecule has 1 aromatic carbocycles. The second-order valence-corrected chi connectivity index (χ2v) is 13.2. The molecule has 4 heterocycles. The molecule has 10 heteroatoms. The lowest BCUT2D eigenvalue weighted by atomic mass is 9.77. The highest BCUT2D eigenvalue weighted by Gasteiger charge is 2.52. The predicted octanol–water partition coefficient (Wildman–Crippen LogP) is 4.51. The van der Waals surface area contributed by atoms with Crippen molar-refractivity contribution in [1.82, 2.24) is 20.1 Å². The monoisotopic (exact) mass is 581 g/mol. The van der Waals surface area contributed by atoms with E-state index in [0.29, 0.717) is 6.42 Å². The highest BCUT2D eigenvalue weighted by molar-refractivity contribution is 7.13. The number of carbonyl (C=O) groups excluding carboxylic acids is 2. The minimum atomic E-state index is -0.807. The number of aryl methyl sites for hydroxylation is 1. The minimum Gasteiger partial charge on any atom is -0.391 e. The second-order valence-electron chi connectivity index (χ2n) is 12.4. The molecule has 0 bridgehead atoms. The molecule has 2 N–H and O–H groups in total. The van der Waals surface area contributed by atoms with Crippen molar-refractivity contribution >= 4 is 29.0 Å². The van der Waals surface area contributed by atoms with Crippen molar-refractivity contribution in [2.45, 2.75) is 90.5 Å². The van der Waals surface area contributed by atoms with E-state index in [-0.39, 0.29) is 36.7 Å². The predicted molar refractivity (Wildman–Crippen MR) is 160 cm³/mol. The van der Waals surface area contributed by atoms with Gasteiger partial charge in [0.1, 0.15) is 11.9 Å². The number of aliphatic hydroxyl groups is 1. The van der Waals surface area contributed by atoms with E-state index in [2.05, 4.69) is 20.4 Å². The summed E-state index contributed by atoms with van der Waals surface area (Å²) in [5.74, 6) is -0.0493. The first-order chi connectivity index (χ1) is 19.6. The number of piperidine rings is 1. The van der Waals surface area contributed by atoms with Crippen molar-refractivity contribution < 1.29 is 19.5 Å². The molecule has 0 aliphatic carbocycles. The van der Waals surface area contributed by atoms with Crippen LogP contribution in [0.5, 0.6) is 0 Å². The number of thiazole rings is 1. The molecule has 0 radical (unpaired) electrons. The van der Waals surface area contributed by atoms with Gasteiger partial charge in [-0.15, -0.1) is 11.3 Å². The van der Waals surface area contributed by atoms with E-state index in [1.165, 1.54) is 6.42 Å². The third-order valence-corrected chi connectivity index (χ3v) is 9.80. The molecule has 5 atom stereocenters. The Kier molecular flexibility index (Phi) is 8.70. The largest absolute Gasteiger partial charge is 0.391 e. The molecule has 5 unspecified atom stereocenters. The number of benzene rings is 1. The van der Waals surface area contributed by atoms with Crippen molar-refractivity contribution in [3.05, 3.63) is 41.0 Å². The van der Waals surface area contributed by atoms with E-state index in [4.69, 9.17) is 4.84 Å². The molecule has 2 saturated heterocycles. The highest BCUT2D eigenvalue weighted by Crippen LogP contribution is 2.39. The molecule has 3 aliphatic rings. The lowest BCUT2D eigenvalue weighted by molar-refractivity contribution is -0.154. The van der Waals surface area contributed by atoms with Gasteiger partial charge >= 0.3 is 0 Å². The van der Waals surface area contributed by atoms with Crippen LogP contribution in [0.3, 0.4) is 0 Å². The average Bonchev–Trinajstić information content (AvgIpc) is 3.67. The summed E-state index contributed by atoms with van der Waals surface area (Å²) < 4.78 is 0. The van der Waals surface area contributed by atoms with E-state index < -0.39 is 23.7 Å². The summed E-state index contributed by atoms with van der Waals surface area (Å²) in [5, 5.41) is 18.1. The van der Waals surface area contributed by atoms with Crippen LogP contribution in [0.2, 0.25) is 0 Å². The number of hydrogen-bond acceptors (Lipinski definition) is 8. The quantitative estimate of drug-likeness (QED) is 0.498. The molecule has 9 nitrogen and oxygen atoms in total. The van der Waals surface area contributed by atoms with Gasteiger partial charge in [-0.25, -0.2) is 4.98 Å². The van der Waals surface area contributed by atoms with Gasteiger partial charge in [0.2, 0.25) is 11.8 Å². The van der Waals surface area contributed by atoms with Crippen LogP contribution in [0.25, 0.3) is 10.4 Å². The number of oxime groups is 1. The second kappa shape index (κ2) is 12.1. The number of amidine groups is 1. The topological polar surface area (TPSA) is 107 Å². The van der Waals surface area contributed by atoms with E-state index in [1.807, 2.05) is 64.4 Å². The molecule has 222 valence electrons. The van der Waals surface area contributed by atoms with E-state index in [9.17, 15) is 14.7 Å². The lowest BCUT2D eigenvalue weighted by Gasteiger charge is -2.38. The molecule has 2 fully saturated rings. The van der Waals surface area contributed by atoms with E-state index >= 15 is 0 Å². The number of β-amino-alcohol motifs (C(OH)–C–C–N with tert-alkyl or cyclic N) is 1. The summed E-state index contributed by atoms with van der Waals surface area (Å²) in [7, 11) is 0. The van der Waals surface area contributed by atoms with Gasteiger partial charge in [0.25, 0.3) is 0 Å². The third kappa shape index (κ3) is 6.14.